The predicted molar refractivity (Wildman–Crippen MR) is 40.9 cm³/mol. The summed E-state index contributed by atoms with van der Waals surface area (Å²) in [5.41, 5.74) is 0. The molecule has 2 aliphatic rings. The van der Waals surface area contributed by atoms with E-state index in [0.29, 0.717) is 0 Å². The van der Waals surface area contributed by atoms with Gasteiger partial charge >= 0.3 is 0 Å². The predicted octanol–water partition coefficient (Wildman–Crippen LogP) is 1.32. The van der Waals surface area contributed by atoms with Gasteiger partial charge in [-0.1, -0.05) is 12.8 Å². The number of rotatable bonds is 2. The Balaban J connectivity index is 1.81. The maximum absolute atomic E-state index is 4.23. The molecule has 1 fully saturated rings. The van der Waals surface area contributed by atoms with Crippen molar-refractivity contribution in [1.82, 2.24) is 5.32 Å². The molecule has 2 heteroatoms. The van der Waals surface area contributed by atoms with Crippen LogP contribution in [0.3, 0.4) is 0 Å². The van der Waals surface area contributed by atoms with Gasteiger partial charge in [0.1, 0.15) is 6.17 Å². The first-order valence-corrected chi connectivity index (χ1v) is 3.83. The lowest BCUT2D eigenvalue weighted by molar-refractivity contribution is 0.520. The summed E-state index contributed by atoms with van der Waals surface area (Å²) in [6, 6.07) is 0. The van der Waals surface area contributed by atoms with Crippen LogP contribution >= 0.6 is 0 Å². The van der Waals surface area contributed by atoms with Gasteiger partial charge in [0.25, 0.3) is 0 Å². The van der Waals surface area contributed by atoms with Crippen LogP contribution in [0.1, 0.15) is 19.3 Å². The van der Waals surface area contributed by atoms with Gasteiger partial charge in [0.05, 0.1) is 0 Å². The molecule has 1 heterocycles. The Hall–Kier alpha value is -0.790. The fourth-order valence-electron chi connectivity index (χ4n) is 1.15. The van der Waals surface area contributed by atoms with E-state index < -0.39 is 0 Å². The van der Waals surface area contributed by atoms with Gasteiger partial charge in [-0.05, 0) is 18.4 Å². The van der Waals surface area contributed by atoms with E-state index in [9.17, 15) is 0 Å². The molecule has 1 aliphatic carbocycles. The highest BCUT2D eigenvalue weighted by Gasteiger charge is 2.25. The molecule has 0 N–H and O–H groups in total. The molecule has 1 atom stereocenters. The molecule has 1 unspecified atom stereocenters. The molecular formula is C8H11N2. The zero-order valence-electron chi connectivity index (χ0n) is 5.90. The van der Waals surface area contributed by atoms with Crippen molar-refractivity contribution in [2.45, 2.75) is 25.4 Å². The number of aliphatic imine (C=N–C) groups is 1. The van der Waals surface area contributed by atoms with Crippen molar-refractivity contribution in [3.05, 3.63) is 12.3 Å². The largest absolute Gasteiger partial charge is 0.266 e. The monoisotopic (exact) mass is 135 g/mol. The molecule has 10 heavy (non-hydrogen) atoms. The minimum Gasteiger partial charge on any atom is -0.266 e. The summed E-state index contributed by atoms with van der Waals surface area (Å²) in [6.07, 6.45) is 9.78. The molecule has 2 rings (SSSR count). The Bertz CT molecular complexity index is 168. The summed E-state index contributed by atoms with van der Waals surface area (Å²) < 4.78 is 0. The van der Waals surface area contributed by atoms with Crippen molar-refractivity contribution in [3.63, 3.8) is 0 Å². The second-order valence-corrected chi connectivity index (χ2v) is 2.95. The molecule has 1 radical (unpaired) electrons. The van der Waals surface area contributed by atoms with Crippen molar-refractivity contribution in [1.29, 1.82) is 0 Å². The van der Waals surface area contributed by atoms with E-state index >= 15 is 0 Å². The normalized spacial score (nSPS) is 30.2. The molecular weight excluding hydrogens is 124 g/mol. The van der Waals surface area contributed by atoms with Crippen molar-refractivity contribution in [2.75, 3.05) is 0 Å². The lowest BCUT2D eigenvalue weighted by Crippen LogP contribution is -2.18. The lowest BCUT2D eigenvalue weighted by atomic mass is 10.2. The van der Waals surface area contributed by atoms with Gasteiger partial charge in [0.2, 0.25) is 0 Å². The van der Waals surface area contributed by atoms with Crippen molar-refractivity contribution >= 4 is 6.21 Å². The van der Waals surface area contributed by atoms with Gasteiger partial charge in [0.15, 0.2) is 0 Å². The van der Waals surface area contributed by atoms with Crippen LogP contribution in [0.2, 0.25) is 0 Å². The Morgan fingerprint density at radius 2 is 2.30 bits per heavy atom. The summed E-state index contributed by atoms with van der Waals surface area (Å²) in [6.45, 7) is 0. The molecule has 53 valence electrons. The molecule has 2 nitrogen and oxygen atoms in total. The van der Waals surface area contributed by atoms with E-state index in [1.807, 2.05) is 18.5 Å². The molecule has 0 bridgehead atoms. The van der Waals surface area contributed by atoms with Crippen molar-refractivity contribution < 1.29 is 0 Å². The second-order valence-electron chi connectivity index (χ2n) is 2.95. The van der Waals surface area contributed by atoms with Crippen LogP contribution in [0, 0.1) is 5.92 Å². The molecule has 1 aliphatic heterocycles. The summed E-state index contributed by atoms with van der Waals surface area (Å²) in [5, 5.41) is 4.23. The molecule has 0 aromatic rings. The van der Waals surface area contributed by atoms with Gasteiger partial charge in [-0.15, -0.1) is 0 Å². The molecule has 0 saturated heterocycles. The third-order valence-electron chi connectivity index (χ3n) is 1.93. The number of hydrogen-bond acceptors (Lipinski definition) is 1. The average Bonchev–Trinajstić information content (AvgIpc) is 2.74. The van der Waals surface area contributed by atoms with Crippen LogP contribution < -0.4 is 5.32 Å². The zero-order chi connectivity index (χ0) is 6.81. The topological polar surface area (TPSA) is 26.5 Å². The first kappa shape index (κ1) is 5.96. The minimum atomic E-state index is 0.248. The average molecular weight is 135 g/mol. The van der Waals surface area contributed by atoms with E-state index in [4.69, 9.17) is 0 Å². The Kier molecular flexibility index (Phi) is 1.46. The Labute approximate surface area is 61.0 Å². The van der Waals surface area contributed by atoms with E-state index in [2.05, 4.69) is 10.3 Å². The lowest BCUT2D eigenvalue weighted by Gasteiger charge is -2.10. The highest BCUT2D eigenvalue weighted by atomic mass is 15.1. The van der Waals surface area contributed by atoms with Crippen LogP contribution in [0.15, 0.2) is 17.3 Å². The van der Waals surface area contributed by atoms with Crippen LogP contribution in [0.5, 0.6) is 0 Å². The van der Waals surface area contributed by atoms with Crippen LogP contribution in [-0.4, -0.2) is 12.4 Å². The maximum atomic E-state index is 4.23. The minimum absolute atomic E-state index is 0.248. The van der Waals surface area contributed by atoms with Gasteiger partial charge in [-0.25, -0.2) is 0 Å². The highest BCUT2D eigenvalue weighted by molar-refractivity contribution is 5.71. The molecule has 1 saturated carbocycles. The summed E-state index contributed by atoms with van der Waals surface area (Å²) >= 11 is 0. The highest BCUT2D eigenvalue weighted by Crippen LogP contribution is 2.34. The van der Waals surface area contributed by atoms with E-state index in [1.165, 1.54) is 19.3 Å². The third kappa shape index (κ3) is 1.38. The maximum Gasteiger partial charge on any atom is 0.139 e. The second kappa shape index (κ2) is 2.45. The van der Waals surface area contributed by atoms with Crippen LogP contribution in [0.25, 0.3) is 0 Å². The van der Waals surface area contributed by atoms with E-state index in [-0.39, 0.29) is 6.17 Å². The van der Waals surface area contributed by atoms with Crippen molar-refractivity contribution in [3.8, 4) is 0 Å². The quantitative estimate of drug-likeness (QED) is 0.546. The van der Waals surface area contributed by atoms with Crippen LogP contribution in [0.4, 0.5) is 0 Å². The van der Waals surface area contributed by atoms with E-state index in [0.717, 1.165) is 5.92 Å². The summed E-state index contributed by atoms with van der Waals surface area (Å²) in [7, 11) is 0. The van der Waals surface area contributed by atoms with Gasteiger partial charge in [0, 0.05) is 12.4 Å². The van der Waals surface area contributed by atoms with Crippen LogP contribution in [-0.2, 0) is 0 Å². The SMILES string of the molecule is C1=C[N]C(CC2CC2)N=C1. The van der Waals surface area contributed by atoms with Gasteiger partial charge in [-0.3, -0.25) is 10.3 Å². The zero-order valence-corrected chi connectivity index (χ0v) is 5.90. The Morgan fingerprint density at radius 3 is 2.90 bits per heavy atom. The molecule has 0 aromatic carbocycles. The molecule has 0 amide bonds. The number of allylic oxidation sites excluding steroid dienone is 1. The van der Waals surface area contributed by atoms with Gasteiger partial charge in [-0.2, -0.15) is 0 Å². The first-order chi connectivity index (χ1) is 4.95. The summed E-state index contributed by atoms with van der Waals surface area (Å²) in [5.74, 6) is 0.928. The van der Waals surface area contributed by atoms with Gasteiger partial charge < -0.3 is 0 Å². The smallest absolute Gasteiger partial charge is 0.139 e. The Morgan fingerprint density at radius 1 is 1.40 bits per heavy atom. The van der Waals surface area contributed by atoms with E-state index in [1.54, 1.807) is 0 Å². The number of hydrogen-bond donors (Lipinski definition) is 0. The fourth-order valence-corrected chi connectivity index (χ4v) is 1.15. The number of nitrogens with zero attached hydrogens (tertiary/aromatic N) is 2. The fraction of sp³-hybridized carbons (Fsp3) is 0.625. The summed E-state index contributed by atoms with van der Waals surface area (Å²) in [4.78, 5) is 4.23. The standard InChI is InChI=1S/C8H11N2/c1-4-9-8(10-5-1)6-7-2-3-7/h1,4-5,7-8H,2-3,6H2. The first-order valence-electron chi connectivity index (χ1n) is 3.83. The molecule has 0 aromatic heterocycles. The van der Waals surface area contributed by atoms with Crippen molar-refractivity contribution in [2.24, 2.45) is 10.9 Å². The molecule has 0 spiro atoms. The third-order valence-corrected chi connectivity index (χ3v) is 1.93.